The van der Waals surface area contributed by atoms with E-state index >= 15 is 0 Å². The molecule has 0 saturated carbocycles. The van der Waals surface area contributed by atoms with Crippen LogP contribution in [0.15, 0.2) is 24.3 Å². The lowest BCUT2D eigenvalue weighted by Crippen LogP contribution is -2.50. The normalized spacial score (nSPS) is 20.6. The molecule has 17 heavy (non-hydrogen) atoms. The number of nitrogens with zero attached hydrogens (tertiary/aromatic N) is 1. The predicted molar refractivity (Wildman–Crippen MR) is 71.7 cm³/mol. The summed E-state index contributed by atoms with van der Waals surface area (Å²) in [7, 11) is 2.00. The summed E-state index contributed by atoms with van der Waals surface area (Å²) in [4.78, 5) is 2.48. The van der Waals surface area contributed by atoms with Crippen LogP contribution < -0.4 is 10.2 Å². The molecule has 1 heterocycles. The highest BCUT2D eigenvalue weighted by Gasteiger charge is 2.23. The highest BCUT2D eigenvalue weighted by molar-refractivity contribution is 5.54. The maximum absolute atomic E-state index is 5.58. The average molecular weight is 234 g/mol. The van der Waals surface area contributed by atoms with Crippen molar-refractivity contribution < 1.29 is 4.74 Å². The number of anilines is 1. The Morgan fingerprint density at radius 3 is 3.00 bits per heavy atom. The second-order valence-electron chi connectivity index (χ2n) is 4.46. The summed E-state index contributed by atoms with van der Waals surface area (Å²) in [5.41, 5.74) is 2.80. The Balaban J connectivity index is 2.22. The Bertz CT molecular complexity index is 352. The van der Waals surface area contributed by atoms with Gasteiger partial charge in [0, 0.05) is 18.8 Å². The van der Waals surface area contributed by atoms with Gasteiger partial charge in [0.1, 0.15) is 0 Å². The molecule has 94 valence electrons. The molecule has 0 amide bonds. The van der Waals surface area contributed by atoms with E-state index in [-0.39, 0.29) is 0 Å². The highest BCUT2D eigenvalue weighted by atomic mass is 16.5. The Labute approximate surface area is 104 Å². The summed E-state index contributed by atoms with van der Waals surface area (Å²) >= 11 is 0. The van der Waals surface area contributed by atoms with Crippen LogP contribution in [-0.4, -0.2) is 39.4 Å². The summed E-state index contributed by atoms with van der Waals surface area (Å²) in [5.74, 6) is 0. The molecule has 1 N–H and O–H groups in total. The third-order valence-electron chi connectivity index (χ3n) is 3.35. The largest absolute Gasteiger partial charge is 0.377 e. The van der Waals surface area contributed by atoms with Crippen molar-refractivity contribution in [2.45, 2.75) is 19.4 Å². The molecule has 1 saturated heterocycles. The van der Waals surface area contributed by atoms with Gasteiger partial charge >= 0.3 is 0 Å². The van der Waals surface area contributed by atoms with Gasteiger partial charge < -0.3 is 15.0 Å². The molecule has 1 unspecified atom stereocenters. The number of likely N-dealkylation sites (N-methyl/N-ethyl adjacent to an activating group) is 1. The maximum atomic E-state index is 5.58. The van der Waals surface area contributed by atoms with Crippen LogP contribution in [0, 0.1) is 0 Å². The van der Waals surface area contributed by atoms with Gasteiger partial charge in [-0.15, -0.1) is 0 Å². The average Bonchev–Trinajstić information content (AvgIpc) is 2.40. The van der Waals surface area contributed by atoms with Gasteiger partial charge in [0.15, 0.2) is 0 Å². The number of para-hydroxylation sites is 1. The van der Waals surface area contributed by atoms with E-state index in [0.717, 1.165) is 32.7 Å². The van der Waals surface area contributed by atoms with Crippen molar-refractivity contribution in [1.82, 2.24) is 5.32 Å². The summed E-state index contributed by atoms with van der Waals surface area (Å²) in [5, 5.41) is 3.25. The molecular weight excluding hydrogens is 212 g/mol. The van der Waals surface area contributed by atoms with Crippen LogP contribution in [0.3, 0.4) is 0 Å². The van der Waals surface area contributed by atoms with Gasteiger partial charge in [-0.3, -0.25) is 0 Å². The van der Waals surface area contributed by atoms with Gasteiger partial charge in [0.2, 0.25) is 0 Å². The van der Waals surface area contributed by atoms with Gasteiger partial charge in [0.25, 0.3) is 0 Å². The first-order valence-electron chi connectivity index (χ1n) is 6.43. The minimum Gasteiger partial charge on any atom is -0.377 e. The first-order chi connectivity index (χ1) is 8.36. The van der Waals surface area contributed by atoms with Crippen molar-refractivity contribution in [1.29, 1.82) is 0 Å². The quantitative estimate of drug-likeness (QED) is 0.857. The number of hydrogen-bond donors (Lipinski definition) is 1. The van der Waals surface area contributed by atoms with E-state index in [4.69, 9.17) is 4.74 Å². The zero-order valence-electron chi connectivity index (χ0n) is 10.8. The Morgan fingerprint density at radius 2 is 2.24 bits per heavy atom. The number of morpholine rings is 1. The molecule has 1 fully saturated rings. The van der Waals surface area contributed by atoms with E-state index in [2.05, 4.69) is 41.4 Å². The Kier molecular flexibility index (Phi) is 4.40. The standard InChI is InChI=1S/C14H22N2O/c1-3-12-6-4-5-7-14(12)16-8-9-17-11-13(16)10-15-2/h4-7,13,15H,3,8-11H2,1-2H3. The van der Waals surface area contributed by atoms with Crippen LogP contribution in [0.1, 0.15) is 12.5 Å². The van der Waals surface area contributed by atoms with Crippen molar-refractivity contribution in [3.05, 3.63) is 29.8 Å². The second kappa shape index (κ2) is 6.03. The lowest BCUT2D eigenvalue weighted by molar-refractivity contribution is 0.0942. The van der Waals surface area contributed by atoms with E-state index in [1.54, 1.807) is 0 Å². The van der Waals surface area contributed by atoms with E-state index in [1.165, 1.54) is 11.3 Å². The summed E-state index contributed by atoms with van der Waals surface area (Å²) in [6.45, 7) is 5.82. The molecule has 1 aliphatic rings. The maximum Gasteiger partial charge on any atom is 0.0683 e. The molecule has 0 aromatic heterocycles. The fraction of sp³-hybridized carbons (Fsp3) is 0.571. The minimum absolute atomic E-state index is 0.446. The van der Waals surface area contributed by atoms with Gasteiger partial charge in [0.05, 0.1) is 19.3 Å². The van der Waals surface area contributed by atoms with Crippen molar-refractivity contribution in [3.63, 3.8) is 0 Å². The smallest absolute Gasteiger partial charge is 0.0683 e. The fourth-order valence-electron chi connectivity index (χ4n) is 2.47. The SMILES string of the molecule is CCc1ccccc1N1CCOCC1CNC. The monoisotopic (exact) mass is 234 g/mol. The molecule has 0 aliphatic carbocycles. The molecule has 1 atom stereocenters. The zero-order valence-corrected chi connectivity index (χ0v) is 10.8. The van der Waals surface area contributed by atoms with Gasteiger partial charge in [-0.1, -0.05) is 25.1 Å². The zero-order chi connectivity index (χ0) is 12.1. The summed E-state index contributed by atoms with van der Waals surface area (Å²) in [6.07, 6.45) is 1.08. The highest BCUT2D eigenvalue weighted by Crippen LogP contribution is 2.24. The fourth-order valence-corrected chi connectivity index (χ4v) is 2.47. The second-order valence-corrected chi connectivity index (χ2v) is 4.46. The number of nitrogens with one attached hydrogen (secondary N) is 1. The third-order valence-corrected chi connectivity index (χ3v) is 3.35. The Morgan fingerprint density at radius 1 is 1.41 bits per heavy atom. The van der Waals surface area contributed by atoms with Crippen LogP contribution in [0.2, 0.25) is 0 Å². The van der Waals surface area contributed by atoms with Gasteiger partial charge in [-0.25, -0.2) is 0 Å². The minimum atomic E-state index is 0.446. The summed E-state index contributed by atoms with van der Waals surface area (Å²) < 4.78 is 5.58. The molecule has 1 aliphatic heterocycles. The lowest BCUT2D eigenvalue weighted by atomic mass is 10.1. The van der Waals surface area contributed by atoms with E-state index in [9.17, 15) is 0 Å². The molecule has 0 spiro atoms. The number of benzene rings is 1. The number of rotatable bonds is 4. The molecule has 3 heteroatoms. The molecule has 2 rings (SSSR count). The van der Waals surface area contributed by atoms with E-state index < -0.39 is 0 Å². The molecule has 3 nitrogen and oxygen atoms in total. The van der Waals surface area contributed by atoms with Crippen LogP contribution in [0.4, 0.5) is 5.69 Å². The Hall–Kier alpha value is -1.06. The molecule has 0 radical (unpaired) electrons. The van der Waals surface area contributed by atoms with Crippen molar-refractivity contribution in [2.75, 3.05) is 38.3 Å². The van der Waals surface area contributed by atoms with Crippen LogP contribution in [0.5, 0.6) is 0 Å². The van der Waals surface area contributed by atoms with Crippen molar-refractivity contribution >= 4 is 5.69 Å². The number of hydrogen-bond acceptors (Lipinski definition) is 3. The molecule has 1 aromatic carbocycles. The lowest BCUT2D eigenvalue weighted by Gasteiger charge is -2.38. The first-order valence-corrected chi connectivity index (χ1v) is 6.43. The molecule has 1 aromatic rings. The first kappa shape index (κ1) is 12.4. The topological polar surface area (TPSA) is 24.5 Å². The van der Waals surface area contributed by atoms with E-state index in [1.807, 2.05) is 7.05 Å². The third kappa shape index (κ3) is 2.79. The summed E-state index contributed by atoms with van der Waals surface area (Å²) in [6, 6.07) is 9.14. The van der Waals surface area contributed by atoms with Crippen LogP contribution in [0.25, 0.3) is 0 Å². The van der Waals surface area contributed by atoms with Crippen LogP contribution >= 0.6 is 0 Å². The number of aryl methyl sites for hydroxylation is 1. The van der Waals surface area contributed by atoms with Crippen molar-refractivity contribution in [2.24, 2.45) is 0 Å². The van der Waals surface area contributed by atoms with Crippen molar-refractivity contribution in [3.8, 4) is 0 Å². The molecular formula is C14H22N2O. The molecule has 0 bridgehead atoms. The van der Waals surface area contributed by atoms with Crippen LogP contribution in [-0.2, 0) is 11.2 Å². The van der Waals surface area contributed by atoms with Gasteiger partial charge in [-0.2, -0.15) is 0 Å². The van der Waals surface area contributed by atoms with Gasteiger partial charge in [-0.05, 0) is 25.1 Å². The predicted octanol–water partition coefficient (Wildman–Crippen LogP) is 1.67. The van der Waals surface area contributed by atoms with E-state index in [0.29, 0.717) is 6.04 Å². The number of ether oxygens (including phenoxy) is 1.